The highest BCUT2D eigenvalue weighted by atomic mass is 35.5. The van der Waals surface area contributed by atoms with E-state index in [0.717, 1.165) is 77.7 Å². The van der Waals surface area contributed by atoms with Crippen molar-refractivity contribution < 1.29 is 5.11 Å². The lowest BCUT2D eigenvalue weighted by Gasteiger charge is -2.32. The molecule has 1 aliphatic carbocycles. The Bertz CT molecular complexity index is 1190. The van der Waals surface area contributed by atoms with Crippen molar-refractivity contribution in [3.8, 4) is 11.1 Å². The lowest BCUT2D eigenvalue weighted by atomic mass is 9.93. The number of benzene rings is 3. The van der Waals surface area contributed by atoms with E-state index < -0.39 is 0 Å². The first kappa shape index (κ1) is 26.3. The first-order valence-electron chi connectivity index (χ1n) is 12.4. The molecule has 5 heteroatoms. The molecule has 0 saturated heterocycles. The van der Waals surface area contributed by atoms with E-state index in [2.05, 4.69) is 30.9 Å². The molecule has 0 aromatic heterocycles. The topological polar surface area (TPSA) is 23.5 Å². The van der Waals surface area contributed by atoms with Gasteiger partial charge in [-0.05, 0) is 107 Å². The zero-order valence-electron chi connectivity index (χ0n) is 20.3. The number of hydrogen-bond donors (Lipinski definition) is 1. The Kier molecular flexibility index (Phi) is 8.97. The van der Waals surface area contributed by atoms with Crippen molar-refractivity contribution in [1.82, 2.24) is 4.90 Å². The highest BCUT2D eigenvalue weighted by Gasteiger charge is 2.31. The molecule has 0 fully saturated rings. The van der Waals surface area contributed by atoms with Gasteiger partial charge in [0.2, 0.25) is 0 Å². The largest absolute Gasteiger partial charge is 0.394 e. The van der Waals surface area contributed by atoms with Crippen molar-refractivity contribution in [1.29, 1.82) is 0 Å². The number of aliphatic hydroxyl groups is 1. The van der Waals surface area contributed by atoms with Crippen LogP contribution in [0.25, 0.3) is 22.8 Å². The van der Waals surface area contributed by atoms with Crippen LogP contribution in [-0.4, -0.2) is 29.7 Å². The first-order valence-corrected chi connectivity index (χ1v) is 13.6. The van der Waals surface area contributed by atoms with Crippen LogP contribution in [0.1, 0.15) is 67.8 Å². The summed E-state index contributed by atoms with van der Waals surface area (Å²) in [6.45, 7) is 6.35. The van der Waals surface area contributed by atoms with Crippen molar-refractivity contribution in [2.75, 3.05) is 19.7 Å². The van der Waals surface area contributed by atoms with Crippen molar-refractivity contribution in [3.63, 3.8) is 0 Å². The Morgan fingerprint density at radius 1 is 0.771 bits per heavy atom. The summed E-state index contributed by atoms with van der Waals surface area (Å²) in [6, 6.07) is 17.8. The molecule has 0 amide bonds. The van der Waals surface area contributed by atoms with Crippen LogP contribution in [-0.2, 0) is 0 Å². The average molecular weight is 529 g/mol. The minimum atomic E-state index is -0.126. The fourth-order valence-corrected chi connectivity index (χ4v) is 5.47. The molecule has 1 unspecified atom stereocenters. The molecule has 184 valence electrons. The highest BCUT2D eigenvalue weighted by Crippen LogP contribution is 2.50. The average Bonchev–Trinajstić information content (AvgIpc) is 3.14. The van der Waals surface area contributed by atoms with Gasteiger partial charge in [-0.2, -0.15) is 0 Å². The SMILES string of the molecule is CCCCN(CCCC)C(CO)c1cc(Cl)cc2c1-c1ccc(Cl)cc1/C2=C\c1ccc(Cl)cc1. The van der Waals surface area contributed by atoms with Crippen LogP contribution in [0.2, 0.25) is 15.1 Å². The van der Waals surface area contributed by atoms with Gasteiger partial charge >= 0.3 is 0 Å². The van der Waals surface area contributed by atoms with E-state index in [1.54, 1.807) is 0 Å². The summed E-state index contributed by atoms with van der Waals surface area (Å²) in [4.78, 5) is 2.43. The van der Waals surface area contributed by atoms with Crippen molar-refractivity contribution >= 4 is 46.5 Å². The lowest BCUT2D eigenvalue weighted by Crippen LogP contribution is -2.33. The van der Waals surface area contributed by atoms with Gasteiger partial charge in [-0.15, -0.1) is 0 Å². The van der Waals surface area contributed by atoms with Crippen LogP contribution < -0.4 is 0 Å². The summed E-state index contributed by atoms with van der Waals surface area (Å²) in [5, 5.41) is 12.7. The van der Waals surface area contributed by atoms with Crippen LogP contribution in [0.4, 0.5) is 0 Å². The fraction of sp³-hybridized carbons (Fsp3) is 0.333. The molecule has 0 radical (unpaired) electrons. The lowest BCUT2D eigenvalue weighted by molar-refractivity contribution is 0.120. The van der Waals surface area contributed by atoms with Gasteiger partial charge in [-0.1, -0.05) is 79.7 Å². The third-order valence-electron chi connectivity index (χ3n) is 6.72. The number of fused-ring (bicyclic) bond motifs is 3. The second kappa shape index (κ2) is 12.0. The third-order valence-corrected chi connectivity index (χ3v) is 7.42. The number of nitrogens with zero attached hydrogens (tertiary/aromatic N) is 1. The zero-order valence-corrected chi connectivity index (χ0v) is 22.6. The van der Waals surface area contributed by atoms with E-state index >= 15 is 0 Å². The standard InChI is InChI=1S/C30H32Cl3NO/c1-3-5-13-34(14-6-4-2)29(19-35)28-18-23(33)17-27-25(15-20-7-9-21(31)10-8-20)26-16-22(32)11-12-24(26)30(27)28/h7-12,15-18,29,35H,3-6,13-14,19H2,1-2H3/b25-15+. The van der Waals surface area contributed by atoms with E-state index in [0.29, 0.717) is 15.1 Å². The molecule has 0 bridgehead atoms. The van der Waals surface area contributed by atoms with Crippen molar-refractivity contribution in [2.24, 2.45) is 0 Å². The quantitative estimate of drug-likeness (QED) is 0.222. The molecular weight excluding hydrogens is 497 g/mol. The number of halogens is 3. The molecular formula is C30H32Cl3NO. The molecule has 0 heterocycles. The molecule has 1 atom stereocenters. The molecule has 3 aromatic carbocycles. The maximum Gasteiger partial charge on any atom is 0.0628 e. The van der Waals surface area contributed by atoms with E-state index in [1.807, 2.05) is 48.5 Å². The monoisotopic (exact) mass is 527 g/mol. The molecule has 0 saturated carbocycles. The van der Waals surface area contributed by atoms with E-state index in [-0.39, 0.29) is 12.6 Å². The molecule has 3 aromatic rings. The van der Waals surface area contributed by atoms with Gasteiger partial charge in [0.05, 0.1) is 12.6 Å². The molecule has 2 nitrogen and oxygen atoms in total. The van der Waals surface area contributed by atoms with Crippen LogP contribution >= 0.6 is 34.8 Å². The van der Waals surface area contributed by atoms with Gasteiger partial charge < -0.3 is 5.11 Å². The van der Waals surface area contributed by atoms with Crippen LogP contribution in [0.5, 0.6) is 0 Å². The number of hydrogen-bond acceptors (Lipinski definition) is 2. The Morgan fingerprint density at radius 2 is 1.40 bits per heavy atom. The smallest absolute Gasteiger partial charge is 0.0628 e. The van der Waals surface area contributed by atoms with Gasteiger partial charge in [-0.25, -0.2) is 0 Å². The predicted molar refractivity (Wildman–Crippen MR) is 152 cm³/mol. The van der Waals surface area contributed by atoms with Crippen molar-refractivity contribution in [2.45, 2.75) is 45.6 Å². The van der Waals surface area contributed by atoms with Gasteiger partial charge in [0.15, 0.2) is 0 Å². The Hall–Kier alpha value is -1.81. The second-order valence-electron chi connectivity index (χ2n) is 9.16. The summed E-state index contributed by atoms with van der Waals surface area (Å²) >= 11 is 19.3. The van der Waals surface area contributed by atoms with Gasteiger partial charge in [0.1, 0.15) is 0 Å². The number of aliphatic hydroxyl groups excluding tert-OH is 1. The van der Waals surface area contributed by atoms with E-state index in [4.69, 9.17) is 34.8 Å². The zero-order chi connectivity index (χ0) is 24.9. The van der Waals surface area contributed by atoms with Crippen molar-refractivity contribution in [3.05, 3.63) is 91.9 Å². The Morgan fingerprint density at radius 3 is 2.03 bits per heavy atom. The molecule has 4 rings (SSSR count). The van der Waals surface area contributed by atoms with Gasteiger partial charge in [0, 0.05) is 15.1 Å². The maximum atomic E-state index is 10.7. The van der Waals surface area contributed by atoms with Crippen LogP contribution in [0, 0.1) is 0 Å². The normalized spacial score (nSPS) is 14.4. The summed E-state index contributed by atoms with van der Waals surface area (Å²) in [5.74, 6) is 0. The molecule has 35 heavy (non-hydrogen) atoms. The van der Waals surface area contributed by atoms with Crippen LogP contribution in [0.15, 0.2) is 54.6 Å². The number of rotatable bonds is 10. The minimum Gasteiger partial charge on any atom is -0.394 e. The van der Waals surface area contributed by atoms with Gasteiger partial charge in [-0.3, -0.25) is 4.90 Å². The van der Waals surface area contributed by atoms with Crippen LogP contribution in [0.3, 0.4) is 0 Å². The predicted octanol–water partition coefficient (Wildman–Crippen LogP) is 9.15. The molecule has 1 aliphatic rings. The summed E-state index contributed by atoms with van der Waals surface area (Å²) in [5.41, 5.74) is 7.62. The third kappa shape index (κ3) is 5.79. The fourth-order valence-electron chi connectivity index (χ4n) is 4.94. The van der Waals surface area contributed by atoms with Gasteiger partial charge in [0.25, 0.3) is 0 Å². The summed E-state index contributed by atoms with van der Waals surface area (Å²) in [6.07, 6.45) is 6.58. The minimum absolute atomic E-state index is 0.0410. The molecule has 0 aliphatic heterocycles. The summed E-state index contributed by atoms with van der Waals surface area (Å²) < 4.78 is 0. The summed E-state index contributed by atoms with van der Waals surface area (Å²) in [7, 11) is 0. The van der Waals surface area contributed by atoms with E-state index in [1.165, 1.54) is 0 Å². The maximum absolute atomic E-state index is 10.7. The Labute approximate surface area is 224 Å². The van der Waals surface area contributed by atoms with E-state index in [9.17, 15) is 5.11 Å². The molecule has 1 N–H and O–H groups in total. The second-order valence-corrected chi connectivity index (χ2v) is 10.5. The first-order chi connectivity index (χ1) is 17.0. The molecule has 0 spiro atoms. The Balaban J connectivity index is 1.90. The number of unbranched alkanes of at least 4 members (excludes halogenated alkanes) is 2. The highest BCUT2D eigenvalue weighted by molar-refractivity contribution is 6.32.